The molecular weight excluding hydrogens is 293 g/mol. The third-order valence-corrected chi connectivity index (χ3v) is 3.80. The molecule has 0 unspecified atom stereocenters. The molecule has 18 heavy (non-hydrogen) atoms. The number of likely N-dealkylation sites (tertiary alicyclic amines) is 1. The van der Waals surface area contributed by atoms with Gasteiger partial charge in [0.2, 0.25) is 0 Å². The predicted molar refractivity (Wildman–Crippen MR) is 67.1 cm³/mol. The van der Waals surface area contributed by atoms with Gasteiger partial charge in [0.1, 0.15) is 0 Å². The molecule has 6 heteroatoms. The van der Waals surface area contributed by atoms with E-state index in [1.54, 1.807) is 6.92 Å². The first-order chi connectivity index (χ1) is 8.60. The van der Waals surface area contributed by atoms with Crippen molar-refractivity contribution in [2.45, 2.75) is 25.7 Å². The number of hydrogen-bond donors (Lipinski definition) is 1. The van der Waals surface area contributed by atoms with Crippen LogP contribution in [0.1, 0.15) is 31.2 Å². The van der Waals surface area contributed by atoms with E-state index in [4.69, 9.17) is 11.6 Å². The predicted octanol–water partition coefficient (Wildman–Crippen LogP) is 2.33. The van der Waals surface area contributed by atoms with Gasteiger partial charge in [0.25, 0.3) is 0 Å². The van der Waals surface area contributed by atoms with Gasteiger partial charge >= 0.3 is 120 Å². The molecular formula is C12H15ClFeN3O. The van der Waals surface area contributed by atoms with Crippen LogP contribution in [-0.2, 0) is 21.0 Å². The molecule has 2 heterocycles. The maximum atomic E-state index is 11.3. The number of nitrogens with zero attached hydrogens (tertiary/aromatic N) is 2. The van der Waals surface area contributed by atoms with E-state index in [0.717, 1.165) is 25.9 Å². The summed E-state index contributed by atoms with van der Waals surface area (Å²) >= 11 is 9.58. The van der Waals surface area contributed by atoms with Crippen LogP contribution in [0.15, 0.2) is 12.1 Å². The molecule has 0 bridgehead atoms. The fourth-order valence-electron chi connectivity index (χ4n) is 2.33. The number of rotatable bonds is 2. The topological polar surface area (TPSA) is 45.2 Å². The number of aromatic nitrogens is 1. The summed E-state index contributed by atoms with van der Waals surface area (Å²) in [7, 11) is 0. The molecule has 0 spiro atoms. The third-order valence-electron chi connectivity index (χ3n) is 3.32. The minimum atomic E-state index is 0.154. The van der Waals surface area contributed by atoms with Gasteiger partial charge in [-0.25, -0.2) is 0 Å². The van der Waals surface area contributed by atoms with E-state index < -0.39 is 0 Å². The summed E-state index contributed by atoms with van der Waals surface area (Å²) in [5.74, 6) is 1.28. The zero-order chi connectivity index (χ0) is 13.1. The second-order valence-corrected chi connectivity index (χ2v) is 5.14. The van der Waals surface area contributed by atoms with Gasteiger partial charge in [0.05, 0.1) is 0 Å². The summed E-state index contributed by atoms with van der Waals surface area (Å²) < 4.78 is 2.76. The Morgan fingerprint density at radius 3 is 2.72 bits per heavy atom. The van der Waals surface area contributed by atoms with Crippen LogP contribution in [-0.4, -0.2) is 28.9 Å². The molecule has 1 amide bonds. The van der Waals surface area contributed by atoms with E-state index in [2.05, 4.69) is 25.5 Å². The van der Waals surface area contributed by atoms with Gasteiger partial charge < -0.3 is 0 Å². The van der Waals surface area contributed by atoms with Crippen molar-refractivity contribution in [3.8, 4) is 0 Å². The number of anilines is 1. The van der Waals surface area contributed by atoms with E-state index >= 15 is 0 Å². The maximum absolute atomic E-state index is 11.3. The molecule has 0 atom stereocenters. The first-order valence-corrected chi connectivity index (χ1v) is 6.81. The number of hydrogen-bond acceptors (Lipinski definition) is 3. The Morgan fingerprint density at radius 2 is 2.17 bits per heavy atom. The van der Waals surface area contributed by atoms with Crippen molar-refractivity contribution in [1.29, 1.82) is 0 Å². The monoisotopic (exact) mass is 308 g/mol. The number of halogens is 1. The van der Waals surface area contributed by atoms with Crippen LogP contribution in [0.2, 0.25) is 5.15 Å². The van der Waals surface area contributed by atoms with Gasteiger partial charge in [0, 0.05) is 0 Å². The summed E-state index contributed by atoms with van der Waals surface area (Å²) in [6.45, 7) is 3.24. The third kappa shape index (κ3) is 3.16. The summed E-state index contributed by atoms with van der Waals surface area (Å²) in [5, 5.41) is 0.479. The van der Waals surface area contributed by atoms with Crippen molar-refractivity contribution in [2.24, 2.45) is 0 Å². The number of nitrogens with one attached hydrogen (secondary N) is 1. The molecule has 4 nitrogen and oxygen atoms in total. The van der Waals surface area contributed by atoms with Crippen LogP contribution in [0, 0.1) is 0 Å². The SMILES string of the molecule is CC(=O)N1CCC(c2cc(Cl)nc([NH][Fe])c2)CC1. The van der Waals surface area contributed by atoms with Crippen molar-refractivity contribution in [2.75, 3.05) is 17.4 Å². The molecule has 0 aliphatic carbocycles. The Balaban J connectivity index is 2.09. The Kier molecular flexibility index (Phi) is 4.49. The van der Waals surface area contributed by atoms with E-state index in [0.29, 0.717) is 16.9 Å². The molecule has 1 aliphatic heterocycles. The molecule has 1 saturated heterocycles. The molecule has 0 aromatic carbocycles. The first-order valence-electron chi connectivity index (χ1n) is 5.88. The van der Waals surface area contributed by atoms with Crippen LogP contribution in [0.5, 0.6) is 0 Å². The van der Waals surface area contributed by atoms with E-state index in [1.807, 2.05) is 17.0 Å². The van der Waals surface area contributed by atoms with Crippen LogP contribution in [0.3, 0.4) is 0 Å². The van der Waals surface area contributed by atoms with Crippen LogP contribution < -0.4 is 4.33 Å². The molecule has 1 fully saturated rings. The fraction of sp³-hybridized carbons (Fsp3) is 0.500. The summed E-state index contributed by atoms with van der Waals surface area (Å²) in [4.78, 5) is 17.3. The Morgan fingerprint density at radius 1 is 1.50 bits per heavy atom. The van der Waals surface area contributed by atoms with Gasteiger partial charge in [-0.2, -0.15) is 0 Å². The minimum absolute atomic E-state index is 0.154. The average molecular weight is 309 g/mol. The zero-order valence-electron chi connectivity index (χ0n) is 10.1. The molecule has 0 radical (unpaired) electrons. The van der Waals surface area contributed by atoms with Crippen molar-refractivity contribution in [3.05, 3.63) is 22.8 Å². The molecule has 1 aromatic rings. The summed E-state index contributed by atoms with van der Waals surface area (Å²) in [6.07, 6.45) is 1.94. The van der Waals surface area contributed by atoms with Gasteiger partial charge in [-0.1, -0.05) is 0 Å². The number of carbonyl (C=O) groups is 1. The van der Waals surface area contributed by atoms with Crippen molar-refractivity contribution in [1.82, 2.24) is 9.88 Å². The van der Waals surface area contributed by atoms with Gasteiger partial charge in [-0.3, -0.25) is 0 Å². The molecule has 99 valence electrons. The number of amides is 1. The molecule has 0 saturated carbocycles. The van der Waals surface area contributed by atoms with Gasteiger partial charge in [-0.05, 0) is 0 Å². The van der Waals surface area contributed by atoms with Gasteiger partial charge in [0.15, 0.2) is 0 Å². The number of piperidine rings is 1. The second-order valence-electron chi connectivity index (χ2n) is 4.48. The Hall–Kier alpha value is -0.771. The van der Waals surface area contributed by atoms with E-state index in [9.17, 15) is 4.79 Å². The molecule has 1 aromatic heterocycles. The molecule has 1 N–H and O–H groups in total. The van der Waals surface area contributed by atoms with E-state index in [1.165, 1.54) is 5.56 Å². The van der Waals surface area contributed by atoms with E-state index in [-0.39, 0.29) is 5.91 Å². The molecule has 2 rings (SSSR count). The normalized spacial score (nSPS) is 16.7. The van der Waals surface area contributed by atoms with Crippen LogP contribution >= 0.6 is 11.6 Å². The van der Waals surface area contributed by atoms with Crippen molar-refractivity contribution >= 4 is 23.3 Å². The van der Waals surface area contributed by atoms with Crippen molar-refractivity contribution in [3.63, 3.8) is 0 Å². The summed E-state index contributed by atoms with van der Waals surface area (Å²) in [5.41, 5.74) is 1.17. The van der Waals surface area contributed by atoms with Crippen LogP contribution in [0.4, 0.5) is 5.82 Å². The van der Waals surface area contributed by atoms with Gasteiger partial charge in [-0.15, -0.1) is 0 Å². The Labute approximate surface area is 120 Å². The zero-order valence-corrected chi connectivity index (χ0v) is 12.0. The first kappa shape index (κ1) is 13.7. The van der Waals surface area contributed by atoms with Crippen molar-refractivity contribution < 1.29 is 21.0 Å². The standard InChI is InChI=1S/C12H15ClN3O.Fe/c1-8(17)16-4-2-9(3-5-16)10-6-11(13)15-12(14)7-10;/h6-7,9H,2-5H2,1H3,(H-,14,15);/q-1;+1. The number of carbonyl (C=O) groups excluding carboxylic acids is 1. The second kappa shape index (κ2) is 5.91. The fourth-order valence-corrected chi connectivity index (χ4v) is 2.68. The van der Waals surface area contributed by atoms with Crippen LogP contribution in [0.25, 0.3) is 0 Å². The molecule has 1 aliphatic rings. The number of pyridine rings is 1. The summed E-state index contributed by atoms with van der Waals surface area (Å²) in [6, 6.07) is 3.88. The average Bonchev–Trinajstić information content (AvgIpc) is 2.38. The quantitative estimate of drug-likeness (QED) is 0.674. The Bertz CT molecular complexity index is 447.